The van der Waals surface area contributed by atoms with Crippen molar-refractivity contribution in [2.24, 2.45) is 5.92 Å². The van der Waals surface area contributed by atoms with Crippen LogP contribution < -0.4 is 9.08 Å². The van der Waals surface area contributed by atoms with E-state index >= 15 is 0 Å². The molecule has 0 saturated carbocycles. The van der Waals surface area contributed by atoms with Gasteiger partial charge in [-0.15, -0.1) is 0 Å². The van der Waals surface area contributed by atoms with Crippen LogP contribution in [0.5, 0.6) is 5.75 Å². The Morgan fingerprint density at radius 1 is 1.07 bits per heavy atom. The predicted molar refractivity (Wildman–Crippen MR) is 105 cm³/mol. The first-order valence-corrected chi connectivity index (χ1v) is 10.3. The quantitative estimate of drug-likeness (QED) is 0.709. The van der Waals surface area contributed by atoms with Gasteiger partial charge in [0.25, 0.3) is 0 Å². The van der Waals surface area contributed by atoms with E-state index < -0.39 is 10.1 Å². The zero-order valence-electron chi connectivity index (χ0n) is 15.8. The molecule has 2 amide bonds. The molecule has 0 aliphatic carbocycles. The normalized spacial score (nSPS) is 14.9. The number of nitrogens with zero attached hydrogens (tertiary/aromatic N) is 2. The Labute approximate surface area is 160 Å². The number of hydrogen-bond donors (Lipinski definition) is 0. The lowest BCUT2D eigenvalue weighted by molar-refractivity contribution is 0.215. The molecule has 2 aromatic rings. The van der Waals surface area contributed by atoms with Crippen LogP contribution in [-0.2, 0) is 10.1 Å². The molecule has 1 heterocycles. The van der Waals surface area contributed by atoms with Gasteiger partial charge in [-0.05, 0) is 54.8 Å². The van der Waals surface area contributed by atoms with Crippen molar-refractivity contribution in [3.8, 4) is 5.75 Å². The number of anilines is 1. The maximum absolute atomic E-state index is 12.5. The smallest absolute Gasteiger partial charge is 0.339 e. The summed E-state index contributed by atoms with van der Waals surface area (Å²) in [4.78, 5) is 16.0. The van der Waals surface area contributed by atoms with Crippen LogP contribution in [0.2, 0.25) is 0 Å². The van der Waals surface area contributed by atoms with Crippen molar-refractivity contribution in [3.63, 3.8) is 0 Å². The molecule has 3 rings (SSSR count). The number of carbonyl (C=O) groups excluding carboxylic acids is 1. The summed E-state index contributed by atoms with van der Waals surface area (Å²) < 4.78 is 30.1. The predicted octanol–water partition coefficient (Wildman–Crippen LogP) is 3.66. The van der Waals surface area contributed by atoms with E-state index in [1.807, 2.05) is 17.9 Å². The second kappa shape index (κ2) is 7.60. The Bertz CT molecular complexity index is 923. The third-order valence-electron chi connectivity index (χ3n) is 4.31. The van der Waals surface area contributed by atoms with Gasteiger partial charge in [0.05, 0.1) is 0 Å². The van der Waals surface area contributed by atoms with Gasteiger partial charge < -0.3 is 9.08 Å². The van der Waals surface area contributed by atoms with Gasteiger partial charge in [-0.25, -0.2) is 4.79 Å². The van der Waals surface area contributed by atoms with Crippen LogP contribution >= 0.6 is 0 Å². The molecule has 1 fully saturated rings. The van der Waals surface area contributed by atoms with Gasteiger partial charge in [0, 0.05) is 25.3 Å². The van der Waals surface area contributed by atoms with E-state index in [0.29, 0.717) is 31.2 Å². The van der Waals surface area contributed by atoms with E-state index in [1.54, 1.807) is 35.2 Å². The number of aryl methyl sites for hydroxylation is 1. The van der Waals surface area contributed by atoms with Crippen molar-refractivity contribution in [2.45, 2.75) is 25.7 Å². The maximum atomic E-state index is 12.5. The van der Waals surface area contributed by atoms with Crippen LogP contribution in [-0.4, -0.2) is 39.0 Å². The number of carbonyl (C=O) groups is 1. The second-order valence-electron chi connectivity index (χ2n) is 7.12. The van der Waals surface area contributed by atoms with E-state index in [9.17, 15) is 13.2 Å². The molecule has 0 atom stereocenters. The zero-order chi connectivity index (χ0) is 19.6. The maximum Gasteiger partial charge on any atom is 0.339 e. The Kier molecular flexibility index (Phi) is 5.41. The van der Waals surface area contributed by atoms with Crippen LogP contribution in [0.1, 0.15) is 19.4 Å². The van der Waals surface area contributed by atoms with Crippen molar-refractivity contribution in [2.75, 3.05) is 24.5 Å². The van der Waals surface area contributed by atoms with Gasteiger partial charge in [-0.3, -0.25) is 4.90 Å². The van der Waals surface area contributed by atoms with Crippen molar-refractivity contribution < 1.29 is 17.4 Å². The lowest BCUT2D eigenvalue weighted by Crippen LogP contribution is -2.34. The lowest BCUT2D eigenvalue weighted by atomic mass is 10.2. The fourth-order valence-corrected chi connectivity index (χ4v) is 3.99. The monoisotopic (exact) mass is 388 g/mol. The van der Waals surface area contributed by atoms with Crippen molar-refractivity contribution in [1.82, 2.24) is 4.90 Å². The number of benzene rings is 2. The molecule has 1 aliphatic heterocycles. The molecular formula is C20H24N2O4S. The topological polar surface area (TPSA) is 66.9 Å². The minimum absolute atomic E-state index is 0.0460. The van der Waals surface area contributed by atoms with Gasteiger partial charge in [-0.2, -0.15) is 8.42 Å². The average molecular weight is 388 g/mol. The first-order chi connectivity index (χ1) is 12.8. The van der Waals surface area contributed by atoms with E-state index in [0.717, 1.165) is 5.56 Å². The van der Waals surface area contributed by atoms with E-state index in [-0.39, 0.29) is 16.7 Å². The molecule has 1 saturated heterocycles. The van der Waals surface area contributed by atoms with Gasteiger partial charge >= 0.3 is 16.1 Å². The first-order valence-electron chi connectivity index (χ1n) is 8.94. The van der Waals surface area contributed by atoms with Gasteiger partial charge in [0.15, 0.2) is 0 Å². The third-order valence-corrected chi connectivity index (χ3v) is 5.57. The highest BCUT2D eigenvalue weighted by Gasteiger charge is 2.30. The Hall–Kier alpha value is -2.54. The third kappa shape index (κ3) is 4.42. The van der Waals surface area contributed by atoms with Crippen LogP contribution in [0.3, 0.4) is 0 Å². The van der Waals surface area contributed by atoms with Crippen molar-refractivity contribution >= 4 is 21.8 Å². The van der Waals surface area contributed by atoms with E-state index in [1.165, 1.54) is 12.1 Å². The van der Waals surface area contributed by atoms with E-state index in [4.69, 9.17) is 4.18 Å². The van der Waals surface area contributed by atoms with E-state index in [2.05, 4.69) is 13.8 Å². The van der Waals surface area contributed by atoms with Crippen LogP contribution in [0.25, 0.3) is 0 Å². The standard InChI is InChI=1S/C20H24N2O4S/c1-15(2)14-21-11-12-22(20(21)23)17-7-9-19(10-8-17)27(24,25)26-18-6-4-5-16(3)13-18/h4-10,13,15H,11-12,14H2,1-3H3. The van der Waals surface area contributed by atoms with Crippen LogP contribution in [0.4, 0.5) is 10.5 Å². The number of rotatable bonds is 6. The average Bonchev–Trinajstić information content (AvgIpc) is 2.95. The molecule has 0 spiro atoms. The fourth-order valence-electron chi connectivity index (χ4n) is 3.07. The summed E-state index contributed by atoms with van der Waals surface area (Å²) in [7, 11) is -3.92. The molecule has 0 bridgehead atoms. The summed E-state index contributed by atoms with van der Waals surface area (Å²) in [5.74, 6) is 0.679. The number of hydrogen-bond acceptors (Lipinski definition) is 4. The van der Waals surface area contributed by atoms with Gasteiger partial charge in [0.2, 0.25) is 0 Å². The Morgan fingerprint density at radius 2 is 1.78 bits per heavy atom. The van der Waals surface area contributed by atoms with Crippen LogP contribution in [0.15, 0.2) is 53.4 Å². The molecule has 6 nitrogen and oxygen atoms in total. The Balaban J connectivity index is 1.74. The molecule has 2 aromatic carbocycles. The van der Waals surface area contributed by atoms with Crippen molar-refractivity contribution in [3.05, 3.63) is 54.1 Å². The lowest BCUT2D eigenvalue weighted by Gasteiger charge is -2.20. The molecule has 0 aromatic heterocycles. The highest BCUT2D eigenvalue weighted by atomic mass is 32.2. The molecule has 7 heteroatoms. The summed E-state index contributed by atoms with van der Waals surface area (Å²) in [6.45, 7) is 7.99. The van der Waals surface area contributed by atoms with Crippen LogP contribution in [0, 0.1) is 12.8 Å². The summed E-state index contributed by atoms with van der Waals surface area (Å²) in [5, 5.41) is 0. The molecule has 0 radical (unpaired) electrons. The van der Waals surface area contributed by atoms with Gasteiger partial charge in [0.1, 0.15) is 10.6 Å². The summed E-state index contributed by atoms with van der Waals surface area (Å²) in [6, 6.07) is 13.1. The highest BCUT2D eigenvalue weighted by molar-refractivity contribution is 7.87. The molecule has 144 valence electrons. The number of amides is 2. The van der Waals surface area contributed by atoms with Crippen molar-refractivity contribution in [1.29, 1.82) is 0 Å². The second-order valence-corrected chi connectivity index (χ2v) is 8.67. The molecular weight excluding hydrogens is 364 g/mol. The highest BCUT2D eigenvalue weighted by Crippen LogP contribution is 2.25. The zero-order valence-corrected chi connectivity index (χ0v) is 16.6. The number of urea groups is 1. The SMILES string of the molecule is Cc1cccc(OS(=O)(=O)c2ccc(N3CCN(CC(C)C)C3=O)cc2)c1. The Morgan fingerprint density at radius 3 is 2.41 bits per heavy atom. The largest absolute Gasteiger partial charge is 0.379 e. The summed E-state index contributed by atoms with van der Waals surface area (Å²) in [5.41, 5.74) is 1.59. The summed E-state index contributed by atoms with van der Waals surface area (Å²) >= 11 is 0. The molecule has 0 N–H and O–H groups in total. The van der Waals surface area contributed by atoms with Gasteiger partial charge in [-0.1, -0.05) is 26.0 Å². The minimum Gasteiger partial charge on any atom is -0.379 e. The molecule has 1 aliphatic rings. The molecule has 27 heavy (non-hydrogen) atoms. The fraction of sp³-hybridized carbons (Fsp3) is 0.350. The molecule has 0 unspecified atom stereocenters. The minimum atomic E-state index is -3.92. The summed E-state index contributed by atoms with van der Waals surface area (Å²) in [6.07, 6.45) is 0. The first kappa shape index (κ1) is 19.2.